The molecule has 3 aromatic rings. The summed E-state index contributed by atoms with van der Waals surface area (Å²) in [6.45, 7) is 4.75. The van der Waals surface area contributed by atoms with Crippen molar-refractivity contribution in [2.45, 2.75) is 24.8 Å². The average molecular weight is 429 g/mol. The molecule has 1 aliphatic rings. The van der Waals surface area contributed by atoms with Gasteiger partial charge in [0.1, 0.15) is 0 Å². The molecular formula is C21H23N3O5S. The molecule has 8 nitrogen and oxygen atoms in total. The molecule has 2 heterocycles. The monoisotopic (exact) mass is 429 g/mol. The fourth-order valence-electron chi connectivity index (χ4n) is 3.71. The Labute approximate surface area is 174 Å². The second-order valence-corrected chi connectivity index (χ2v) is 9.46. The van der Waals surface area contributed by atoms with Gasteiger partial charge >= 0.3 is 5.76 Å². The largest absolute Gasteiger partial charge is 0.420 e. The molecule has 4 rings (SSSR count). The Kier molecular flexibility index (Phi) is 5.25. The van der Waals surface area contributed by atoms with E-state index in [4.69, 9.17) is 4.42 Å². The maximum absolute atomic E-state index is 13.1. The second-order valence-electron chi connectivity index (χ2n) is 7.52. The predicted octanol–water partition coefficient (Wildman–Crippen LogP) is 2.32. The Morgan fingerprint density at radius 1 is 1.00 bits per heavy atom. The SMILES string of the molecule is CC(C)n1c(=O)oc2cc(S(=O)(=O)N3CCN(C(=O)c4ccccc4)CC3)ccc21. The van der Waals surface area contributed by atoms with Crippen LogP contribution >= 0.6 is 0 Å². The number of carbonyl (C=O) groups excluding carboxylic acids is 1. The van der Waals surface area contributed by atoms with Crippen LogP contribution in [-0.2, 0) is 10.0 Å². The van der Waals surface area contributed by atoms with Crippen molar-refractivity contribution in [2.75, 3.05) is 26.2 Å². The van der Waals surface area contributed by atoms with Crippen LogP contribution in [0.4, 0.5) is 0 Å². The number of oxazole rings is 1. The predicted molar refractivity (Wildman–Crippen MR) is 112 cm³/mol. The zero-order valence-corrected chi connectivity index (χ0v) is 17.6. The Bertz CT molecular complexity index is 1240. The van der Waals surface area contributed by atoms with E-state index in [1.54, 1.807) is 35.2 Å². The first-order valence-electron chi connectivity index (χ1n) is 9.78. The molecule has 30 heavy (non-hydrogen) atoms. The van der Waals surface area contributed by atoms with Crippen LogP contribution in [0.3, 0.4) is 0 Å². The van der Waals surface area contributed by atoms with Crippen LogP contribution < -0.4 is 5.76 Å². The van der Waals surface area contributed by atoms with E-state index in [-0.39, 0.29) is 35.5 Å². The highest BCUT2D eigenvalue weighted by molar-refractivity contribution is 7.89. The maximum Gasteiger partial charge on any atom is 0.420 e. The van der Waals surface area contributed by atoms with Gasteiger partial charge in [0.15, 0.2) is 5.58 Å². The van der Waals surface area contributed by atoms with Crippen LogP contribution in [0.2, 0.25) is 0 Å². The molecule has 0 aliphatic carbocycles. The third-order valence-electron chi connectivity index (χ3n) is 5.29. The Morgan fingerprint density at radius 3 is 2.30 bits per heavy atom. The van der Waals surface area contributed by atoms with Crippen LogP contribution in [0.5, 0.6) is 0 Å². The smallest absolute Gasteiger partial charge is 0.408 e. The van der Waals surface area contributed by atoms with Gasteiger partial charge in [-0.15, -0.1) is 0 Å². The zero-order valence-electron chi connectivity index (χ0n) is 16.8. The number of rotatable bonds is 4. The number of nitrogens with zero attached hydrogens (tertiary/aromatic N) is 3. The molecule has 1 saturated heterocycles. The van der Waals surface area contributed by atoms with Crippen molar-refractivity contribution >= 4 is 27.0 Å². The first-order valence-corrected chi connectivity index (χ1v) is 11.2. The minimum absolute atomic E-state index is 0.0718. The molecule has 0 unspecified atom stereocenters. The minimum atomic E-state index is -3.77. The normalized spacial score (nSPS) is 15.8. The summed E-state index contributed by atoms with van der Waals surface area (Å²) in [6.07, 6.45) is 0. The number of piperazine rings is 1. The number of hydrogen-bond acceptors (Lipinski definition) is 5. The summed E-state index contributed by atoms with van der Waals surface area (Å²) in [5.74, 6) is -0.617. The molecule has 1 fully saturated rings. The fraction of sp³-hybridized carbons (Fsp3) is 0.333. The highest BCUT2D eigenvalue weighted by Crippen LogP contribution is 2.24. The van der Waals surface area contributed by atoms with Crippen molar-refractivity contribution in [3.63, 3.8) is 0 Å². The summed E-state index contributed by atoms with van der Waals surface area (Å²) in [5, 5.41) is 0. The average Bonchev–Trinajstić information content (AvgIpc) is 3.09. The molecule has 0 N–H and O–H groups in total. The van der Waals surface area contributed by atoms with Gasteiger partial charge in [0.2, 0.25) is 10.0 Å². The standard InChI is InChI=1S/C21H23N3O5S/c1-15(2)24-18-9-8-17(14-19(18)29-21(24)26)30(27,28)23-12-10-22(11-13-23)20(25)16-6-4-3-5-7-16/h3-9,14-15H,10-13H2,1-2H3. The first kappa shape index (κ1) is 20.4. The Morgan fingerprint density at radius 2 is 1.67 bits per heavy atom. The van der Waals surface area contributed by atoms with Crippen molar-refractivity contribution in [3.8, 4) is 0 Å². The summed E-state index contributed by atoms with van der Waals surface area (Å²) in [4.78, 5) is 26.4. The van der Waals surface area contributed by atoms with Gasteiger partial charge in [0.05, 0.1) is 10.4 Å². The third-order valence-corrected chi connectivity index (χ3v) is 7.18. The number of benzene rings is 2. The van der Waals surface area contributed by atoms with E-state index in [0.29, 0.717) is 24.2 Å². The van der Waals surface area contributed by atoms with E-state index in [1.807, 2.05) is 19.9 Å². The molecule has 0 atom stereocenters. The molecular weight excluding hydrogens is 406 g/mol. The molecule has 1 aliphatic heterocycles. The zero-order chi connectivity index (χ0) is 21.5. The molecule has 0 spiro atoms. The van der Waals surface area contributed by atoms with Gasteiger partial charge in [-0.2, -0.15) is 4.31 Å². The summed E-state index contributed by atoms with van der Waals surface area (Å²) in [7, 11) is -3.77. The molecule has 2 aromatic carbocycles. The van der Waals surface area contributed by atoms with Gasteiger partial charge in [-0.3, -0.25) is 9.36 Å². The highest BCUT2D eigenvalue weighted by Gasteiger charge is 2.31. The number of fused-ring (bicyclic) bond motifs is 1. The molecule has 0 saturated carbocycles. The van der Waals surface area contributed by atoms with Crippen LogP contribution in [0.1, 0.15) is 30.2 Å². The molecule has 158 valence electrons. The van der Waals surface area contributed by atoms with E-state index in [0.717, 1.165) is 0 Å². The summed E-state index contributed by atoms with van der Waals surface area (Å²) < 4.78 is 34.3. The topological polar surface area (TPSA) is 92.8 Å². The highest BCUT2D eigenvalue weighted by atomic mass is 32.2. The van der Waals surface area contributed by atoms with Crippen LogP contribution in [-0.4, -0.2) is 54.3 Å². The van der Waals surface area contributed by atoms with Crippen molar-refractivity contribution in [1.29, 1.82) is 0 Å². The van der Waals surface area contributed by atoms with E-state index in [2.05, 4.69) is 0 Å². The van der Waals surface area contributed by atoms with Crippen molar-refractivity contribution in [1.82, 2.24) is 13.8 Å². The van der Waals surface area contributed by atoms with Crippen LogP contribution in [0.25, 0.3) is 11.1 Å². The van der Waals surface area contributed by atoms with E-state index in [9.17, 15) is 18.0 Å². The first-order chi connectivity index (χ1) is 14.3. The quantitative estimate of drug-likeness (QED) is 0.635. The summed E-state index contributed by atoms with van der Waals surface area (Å²) >= 11 is 0. The molecule has 9 heteroatoms. The number of amides is 1. The summed E-state index contributed by atoms with van der Waals surface area (Å²) in [6, 6.07) is 13.3. The lowest BCUT2D eigenvalue weighted by Gasteiger charge is -2.34. The van der Waals surface area contributed by atoms with Crippen molar-refractivity contribution in [2.24, 2.45) is 0 Å². The molecule has 1 amide bonds. The number of aromatic nitrogens is 1. The Hall–Kier alpha value is -2.91. The lowest BCUT2D eigenvalue weighted by Crippen LogP contribution is -2.50. The van der Waals surface area contributed by atoms with Gasteiger partial charge in [-0.1, -0.05) is 18.2 Å². The Balaban J connectivity index is 1.53. The number of carbonyl (C=O) groups is 1. The minimum Gasteiger partial charge on any atom is -0.408 e. The molecule has 0 radical (unpaired) electrons. The van der Waals surface area contributed by atoms with Crippen LogP contribution in [0, 0.1) is 0 Å². The van der Waals surface area contributed by atoms with Gasteiger partial charge in [-0.25, -0.2) is 13.2 Å². The fourth-order valence-corrected chi connectivity index (χ4v) is 5.15. The van der Waals surface area contributed by atoms with Gasteiger partial charge in [0.25, 0.3) is 5.91 Å². The van der Waals surface area contributed by atoms with Gasteiger partial charge in [-0.05, 0) is 38.1 Å². The van der Waals surface area contributed by atoms with E-state index >= 15 is 0 Å². The number of sulfonamides is 1. The molecule has 0 bridgehead atoms. The van der Waals surface area contributed by atoms with E-state index in [1.165, 1.54) is 21.0 Å². The summed E-state index contributed by atoms with van der Waals surface area (Å²) in [5.41, 5.74) is 1.39. The number of hydrogen-bond donors (Lipinski definition) is 0. The van der Waals surface area contributed by atoms with Crippen LogP contribution in [0.15, 0.2) is 62.6 Å². The third kappa shape index (κ3) is 3.54. The van der Waals surface area contributed by atoms with E-state index < -0.39 is 15.8 Å². The molecule has 1 aromatic heterocycles. The second kappa shape index (κ2) is 7.73. The lowest BCUT2D eigenvalue weighted by atomic mass is 10.2. The van der Waals surface area contributed by atoms with Crippen molar-refractivity contribution < 1.29 is 17.6 Å². The van der Waals surface area contributed by atoms with Gasteiger partial charge < -0.3 is 9.32 Å². The maximum atomic E-state index is 13.1. The van der Waals surface area contributed by atoms with Gasteiger partial charge in [0, 0.05) is 43.9 Å². The van der Waals surface area contributed by atoms with Crippen molar-refractivity contribution in [3.05, 3.63) is 64.6 Å². The lowest BCUT2D eigenvalue weighted by molar-refractivity contribution is 0.0698.